The number of nitrogens with one attached hydrogen (secondary N) is 1. The van der Waals surface area contributed by atoms with Crippen LogP contribution in [-0.4, -0.2) is 58.4 Å². The smallest absolute Gasteiger partial charge is 0.408 e. The summed E-state index contributed by atoms with van der Waals surface area (Å²) >= 11 is 0. The summed E-state index contributed by atoms with van der Waals surface area (Å²) in [5.74, 6) is 0.801. The molecule has 2 rings (SSSR count). The van der Waals surface area contributed by atoms with E-state index in [2.05, 4.69) is 23.9 Å². The van der Waals surface area contributed by atoms with Crippen molar-refractivity contribution in [1.82, 2.24) is 5.32 Å². The fourth-order valence-electron chi connectivity index (χ4n) is 4.22. The van der Waals surface area contributed by atoms with Crippen molar-refractivity contribution in [2.24, 2.45) is 11.8 Å². The third-order valence-electron chi connectivity index (χ3n) is 6.65. The van der Waals surface area contributed by atoms with E-state index in [1.807, 2.05) is 48.5 Å². The number of methoxy groups -OCH3 is 3. The normalized spacial score (nSPS) is 12.3. The van der Waals surface area contributed by atoms with E-state index in [-0.39, 0.29) is 37.1 Å². The maximum Gasteiger partial charge on any atom is 0.408 e. The largest absolute Gasteiger partial charge is 0.493 e. The SMILES string of the molecule is COCCCOc1cc(C[C@@H](C[C@H](NC(=O)OCc2ccccc2)C(=O)CCC(=O)OC)C(C)C)ccc1OC. The Hall–Kier alpha value is -3.59. The van der Waals surface area contributed by atoms with Crippen molar-refractivity contribution in [3.63, 3.8) is 0 Å². The highest BCUT2D eigenvalue weighted by Crippen LogP contribution is 2.31. The number of carbonyl (C=O) groups is 3. The summed E-state index contributed by atoms with van der Waals surface area (Å²) in [4.78, 5) is 37.5. The van der Waals surface area contributed by atoms with Crippen LogP contribution in [0.1, 0.15) is 50.7 Å². The van der Waals surface area contributed by atoms with Crippen LogP contribution >= 0.6 is 0 Å². The number of hydrogen-bond acceptors (Lipinski definition) is 8. The van der Waals surface area contributed by atoms with Crippen LogP contribution in [0.4, 0.5) is 4.79 Å². The van der Waals surface area contributed by atoms with Crippen molar-refractivity contribution >= 4 is 17.8 Å². The number of benzene rings is 2. The predicted molar refractivity (Wildman–Crippen MR) is 151 cm³/mol. The van der Waals surface area contributed by atoms with Crippen molar-refractivity contribution in [2.75, 3.05) is 34.5 Å². The van der Waals surface area contributed by atoms with Gasteiger partial charge in [-0.05, 0) is 47.9 Å². The molecule has 0 saturated heterocycles. The Bertz CT molecular complexity index is 1060. The second-order valence-electron chi connectivity index (χ2n) is 9.93. The predicted octanol–water partition coefficient (Wildman–Crippen LogP) is 5.13. The molecule has 0 fully saturated rings. The van der Waals surface area contributed by atoms with Gasteiger partial charge in [-0.15, -0.1) is 0 Å². The molecule has 0 spiro atoms. The van der Waals surface area contributed by atoms with Crippen molar-refractivity contribution < 1.29 is 38.1 Å². The first-order valence-electron chi connectivity index (χ1n) is 13.6. The van der Waals surface area contributed by atoms with Crippen LogP contribution in [0.5, 0.6) is 11.5 Å². The second-order valence-corrected chi connectivity index (χ2v) is 9.93. The molecule has 2 aromatic carbocycles. The van der Waals surface area contributed by atoms with E-state index in [1.165, 1.54) is 7.11 Å². The maximum absolute atomic E-state index is 13.2. The lowest BCUT2D eigenvalue weighted by molar-refractivity contribution is -0.142. The van der Waals surface area contributed by atoms with Gasteiger partial charge in [0.2, 0.25) is 0 Å². The number of ketones is 1. The van der Waals surface area contributed by atoms with E-state index in [0.29, 0.717) is 37.6 Å². The van der Waals surface area contributed by atoms with Gasteiger partial charge in [0.1, 0.15) is 6.61 Å². The van der Waals surface area contributed by atoms with Gasteiger partial charge in [-0.3, -0.25) is 9.59 Å². The van der Waals surface area contributed by atoms with E-state index in [1.54, 1.807) is 14.2 Å². The number of ether oxygens (including phenoxy) is 5. The number of amides is 1. The molecule has 0 saturated carbocycles. The fraction of sp³-hybridized carbons (Fsp3) is 0.516. The molecule has 2 aromatic rings. The van der Waals surface area contributed by atoms with Gasteiger partial charge in [0.15, 0.2) is 17.3 Å². The van der Waals surface area contributed by atoms with Gasteiger partial charge < -0.3 is 29.0 Å². The minimum atomic E-state index is -0.816. The van der Waals surface area contributed by atoms with Crippen LogP contribution in [0.2, 0.25) is 0 Å². The Kier molecular flexibility index (Phi) is 14.6. The van der Waals surface area contributed by atoms with Gasteiger partial charge in [-0.2, -0.15) is 0 Å². The van der Waals surface area contributed by atoms with Crippen molar-refractivity contribution in [3.05, 3.63) is 59.7 Å². The Morgan fingerprint density at radius 3 is 2.27 bits per heavy atom. The first-order valence-corrected chi connectivity index (χ1v) is 13.6. The molecule has 40 heavy (non-hydrogen) atoms. The molecule has 0 aliphatic carbocycles. The van der Waals surface area contributed by atoms with Crippen LogP contribution in [-0.2, 0) is 36.8 Å². The zero-order valence-corrected chi connectivity index (χ0v) is 24.3. The number of alkyl carbamates (subject to hydrolysis) is 1. The van der Waals surface area contributed by atoms with Crippen LogP contribution < -0.4 is 14.8 Å². The first-order chi connectivity index (χ1) is 19.3. The van der Waals surface area contributed by atoms with Gasteiger partial charge in [-0.25, -0.2) is 4.79 Å². The number of hydrogen-bond donors (Lipinski definition) is 1. The molecule has 1 N–H and O–H groups in total. The molecule has 0 aliphatic heterocycles. The highest BCUT2D eigenvalue weighted by Gasteiger charge is 2.28. The third kappa shape index (κ3) is 11.7. The summed E-state index contributed by atoms with van der Waals surface area (Å²) in [5.41, 5.74) is 1.86. The summed E-state index contributed by atoms with van der Waals surface area (Å²) < 4.78 is 26.6. The van der Waals surface area contributed by atoms with Crippen LogP contribution in [0.3, 0.4) is 0 Å². The average Bonchev–Trinajstić information content (AvgIpc) is 2.96. The van der Waals surface area contributed by atoms with Crippen LogP contribution in [0, 0.1) is 11.8 Å². The summed E-state index contributed by atoms with van der Waals surface area (Å²) in [6, 6.07) is 14.3. The number of carbonyl (C=O) groups excluding carboxylic acids is 3. The van der Waals surface area contributed by atoms with Gasteiger partial charge in [-0.1, -0.05) is 50.2 Å². The first kappa shape index (κ1) is 32.6. The number of rotatable bonds is 18. The standard InChI is InChI=1S/C31H43NO8/c1-22(2)25(18-24-12-14-28(37-4)29(19-24)39-17-9-16-36-3)20-26(27(33)13-15-30(34)38-5)32-31(35)40-21-23-10-7-6-8-11-23/h6-8,10-12,14,19,22,25-26H,9,13,15-18,20-21H2,1-5H3,(H,32,35)/t25-,26-/m0/s1. The van der Waals surface area contributed by atoms with Crippen molar-refractivity contribution in [3.8, 4) is 11.5 Å². The summed E-state index contributed by atoms with van der Waals surface area (Å²) in [5, 5.41) is 2.75. The van der Waals surface area contributed by atoms with Crippen molar-refractivity contribution in [2.45, 2.75) is 58.6 Å². The third-order valence-corrected chi connectivity index (χ3v) is 6.65. The highest BCUT2D eigenvalue weighted by molar-refractivity contribution is 5.89. The molecule has 220 valence electrons. The maximum atomic E-state index is 13.2. The van der Waals surface area contributed by atoms with E-state index in [9.17, 15) is 14.4 Å². The van der Waals surface area contributed by atoms with Crippen LogP contribution in [0.25, 0.3) is 0 Å². The van der Waals surface area contributed by atoms with Crippen molar-refractivity contribution in [1.29, 1.82) is 0 Å². The average molecular weight is 558 g/mol. The molecule has 0 bridgehead atoms. The zero-order chi connectivity index (χ0) is 29.3. The molecule has 1 amide bonds. The summed E-state index contributed by atoms with van der Waals surface area (Å²) in [7, 11) is 4.53. The summed E-state index contributed by atoms with van der Waals surface area (Å²) in [6.45, 7) is 5.35. The van der Waals surface area contributed by atoms with Gasteiger partial charge in [0.25, 0.3) is 0 Å². The Labute approximate surface area is 237 Å². The minimum absolute atomic E-state index is 0.0382. The zero-order valence-electron chi connectivity index (χ0n) is 24.3. The number of Topliss-reactive ketones (excluding diaryl/α,β-unsaturated/α-hetero) is 1. The molecule has 0 aromatic heterocycles. The Morgan fingerprint density at radius 1 is 0.875 bits per heavy atom. The molecule has 2 atom stereocenters. The van der Waals surface area contributed by atoms with E-state index < -0.39 is 18.1 Å². The minimum Gasteiger partial charge on any atom is -0.493 e. The molecule has 0 heterocycles. The van der Waals surface area contributed by atoms with Gasteiger partial charge in [0.05, 0.1) is 33.3 Å². The monoisotopic (exact) mass is 557 g/mol. The van der Waals surface area contributed by atoms with E-state index in [0.717, 1.165) is 17.5 Å². The van der Waals surface area contributed by atoms with Gasteiger partial charge >= 0.3 is 12.1 Å². The molecule has 9 heteroatoms. The van der Waals surface area contributed by atoms with Crippen LogP contribution in [0.15, 0.2) is 48.5 Å². The Morgan fingerprint density at radius 2 is 1.62 bits per heavy atom. The Balaban J connectivity index is 2.15. The fourth-order valence-corrected chi connectivity index (χ4v) is 4.22. The summed E-state index contributed by atoms with van der Waals surface area (Å²) in [6.07, 6.45) is 1.01. The topological polar surface area (TPSA) is 109 Å². The lowest BCUT2D eigenvalue weighted by Gasteiger charge is -2.27. The van der Waals surface area contributed by atoms with E-state index >= 15 is 0 Å². The molecular weight excluding hydrogens is 514 g/mol. The lowest BCUT2D eigenvalue weighted by Crippen LogP contribution is -2.43. The van der Waals surface area contributed by atoms with E-state index in [4.69, 9.17) is 18.9 Å². The molecule has 0 unspecified atom stereocenters. The molecule has 9 nitrogen and oxygen atoms in total. The quantitative estimate of drug-likeness (QED) is 0.198. The van der Waals surface area contributed by atoms with Gasteiger partial charge in [0, 0.05) is 26.6 Å². The molecule has 0 aliphatic rings. The lowest BCUT2D eigenvalue weighted by atomic mass is 9.83. The second kappa shape index (κ2) is 17.9. The number of esters is 1. The molecular formula is C31H43NO8. The molecule has 0 radical (unpaired) electrons. The highest BCUT2D eigenvalue weighted by atomic mass is 16.5.